The van der Waals surface area contributed by atoms with Gasteiger partial charge in [0.2, 0.25) is 0 Å². The molecule has 0 spiro atoms. The Balaban J connectivity index is 4.44. The monoisotopic (exact) mass is 389 g/mol. The van der Waals surface area contributed by atoms with Gasteiger partial charge in [-0.3, -0.25) is 4.79 Å². The van der Waals surface area contributed by atoms with Gasteiger partial charge in [0.25, 0.3) is 0 Å². The van der Waals surface area contributed by atoms with Gasteiger partial charge < -0.3 is 8.85 Å². The van der Waals surface area contributed by atoms with Crippen molar-refractivity contribution in [3.63, 3.8) is 0 Å². The van der Waals surface area contributed by atoms with Gasteiger partial charge in [0.05, 0.1) is 0 Å². The minimum Gasteiger partial charge on any atom is -0.393 e. The largest absolute Gasteiger partial charge is 0.393 e. The highest BCUT2D eigenvalue weighted by Gasteiger charge is 2.29. The van der Waals surface area contributed by atoms with Crippen LogP contribution in [0.5, 0.6) is 0 Å². The molecule has 1 radical (unpaired) electrons. The van der Waals surface area contributed by atoms with Gasteiger partial charge in [-0.05, 0) is 32.1 Å². The first-order valence-corrected chi connectivity index (χ1v) is 12.7. The summed E-state index contributed by atoms with van der Waals surface area (Å²) in [7, 11) is -1.25. The normalized spacial score (nSPS) is 14.0. The minimum absolute atomic E-state index is 0.352. The Morgan fingerprint density at radius 1 is 0.920 bits per heavy atom. The molecule has 3 nitrogen and oxygen atoms in total. The number of hydrogen-bond donors (Lipinski definition) is 0. The topological polar surface area (TPSA) is 35.5 Å². The van der Waals surface area contributed by atoms with Crippen LogP contribution in [0.4, 0.5) is 0 Å². The predicted octanol–water partition coefficient (Wildman–Crippen LogP) is 6.51. The van der Waals surface area contributed by atoms with Crippen LogP contribution in [0.3, 0.4) is 0 Å². The van der Waals surface area contributed by atoms with E-state index in [4.69, 9.17) is 8.85 Å². The molecule has 0 aromatic carbocycles. The first-order valence-electron chi connectivity index (χ1n) is 10.4. The van der Waals surface area contributed by atoms with Gasteiger partial charge in [0, 0.05) is 30.4 Å². The van der Waals surface area contributed by atoms with Crippen LogP contribution in [0.2, 0.25) is 5.54 Å². The number of carbonyl (C=O) groups is 1. The van der Waals surface area contributed by atoms with E-state index >= 15 is 0 Å². The van der Waals surface area contributed by atoms with Crippen LogP contribution < -0.4 is 0 Å². The molecule has 0 rings (SSSR count). The average molecular weight is 390 g/mol. The van der Waals surface area contributed by atoms with E-state index in [1.54, 1.807) is 11.8 Å². The van der Waals surface area contributed by atoms with Gasteiger partial charge in [0.15, 0.2) is 5.12 Å². The maximum absolute atomic E-state index is 12.2. The molecule has 0 aromatic heterocycles. The van der Waals surface area contributed by atoms with Crippen LogP contribution in [0.25, 0.3) is 0 Å². The Kier molecular flexibility index (Phi) is 17.7. The standard InChI is InChI=1S/C20H41O3SSi/c1-6-10-11-12-14-20(21)24-18(5)17-19(13-7-2)25(22-15-8-3)23-16-9-4/h18-19H,6-17H2,1-5H3. The van der Waals surface area contributed by atoms with Crippen LogP contribution >= 0.6 is 11.8 Å². The molecular formula is C20H41O3SSi. The van der Waals surface area contributed by atoms with Crippen molar-refractivity contribution in [2.75, 3.05) is 13.2 Å². The third-order valence-electron chi connectivity index (χ3n) is 4.05. The number of carbonyl (C=O) groups excluding carboxylic acids is 1. The molecule has 0 saturated carbocycles. The molecule has 149 valence electrons. The molecule has 0 amide bonds. The number of thioether (sulfide) groups is 1. The van der Waals surface area contributed by atoms with Gasteiger partial charge in [-0.25, -0.2) is 0 Å². The smallest absolute Gasteiger partial charge is 0.388 e. The second kappa shape index (κ2) is 17.6. The molecular weight excluding hydrogens is 348 g/mol. The van der Waals surface area contributed by atoms with Crippen LogP contribution in [-0.4, -0.2) is 32.9 Å². The summed E-state index contributed by atoms with van der Waals surface area (Å²) in [5.74, 6) is 0. The van der Waals surface area contributed by atoms with E-state index in [1.807, 2.05) is 0 Å². The van der Waals surface area contributed by atoms with E-state index in [0.29, 0.717) is 15.9 Å². The van der Waals surface area contributed by atoms with E-state index in [0.717, 1.165) is 58.2 Å². The maximum Gasteiger partial charge on any atom is 0.388 e. The Bertz CT molecular complexity index is 307. The summed E-state index contributed by atoms with van der Waals surface area (Å²) in [6.45, 7) is 12.5. The van der Waals surface area contributed by atoms with Crippen molar-refractivity contribution in [3.05, 3.63) is 0 Å². The molecule has 25 heavy (non-hydrogen) atoms. The minimum atomic E-state index is -1.25. The van der Waals surface area contributed by atoms with E-state index in [-0.39, 0.29) is 0 Å². The number of rotatable bonds is 17. The van der Waals surface area contributed by atoms with Crippen LogP contribution in [-0.2, 0) is 13.6 Å². The zero-order valence-corrected chi connectivity index (χ0v) is 19.1. The summed E-state index contributed by atoms with van der Waals surface area (Å²) >= 11 is 1.54. The summed E-state index contributed by atoms with van der Waals surface area (Å²) in [5.41, 5.74) is 0.475. The Morgan fingerprint density at radius 3 is 2.08 bits per heavy atom. The third kappa shape index (κ3) is 14.0. The van der Waals surface area contributed by atoms with E-state index in [2.05, 4.69) is 34.6 Å². The Hall–Kier alpha value is 0.157. The summed E-state index contributed by atoms with van der Waals surface area (Å²) in [6.07, 6.45) is 10.8. The molecule has 0 aliphatic carbocycles. The molecule has 0 bridgehead atoms. The van der Waals surface area contributed by atoms with Crippen molar-refractivity contribution >= 4 is 26.2 Å². The van der Waals surface area contributed by atoms with Crippen LogP contribution in [0.15, 0.2) is 0 Å². The number of hydrogen-bond acceptors (Lipinski definition) is 4. The van der Waals surface area contributed by atoms with Gasteiger partial charge in [-0.1, -0.05) is 72.1 Å². The zero-order chi connectivity index (χ0) is 18.9. The highest BCUT2D eigenvalue weighted by Crippen LogP contribution is 2.31. The molecule has 2 atom stereocenters. The lowest BCUT2D eigenvalue weighted by atomic mass is 10.1. The molecule has 0 N–H and O–H groups in total. The lowest BCUT2D eigenvalue weighted by molar-refractivity contribution is -0.111. The van der Waals surface area contributed by atoms with Crippen LogP contribution in [0.1, 0.15) is 98.8 Å². The first kappa shape index (κ1) is 25.2. The van der Waals surface area contributed by atoms with Crippen molar-refractivity contribution in [1.29, 1.82) is 0 Å². The second-order valence-corrected chi connectivity index (χ2v) is 10.4. The molecule has 0 saturated heterocycles. The molecule has 0 fully saturated rings. The van der Waals surface area contributed by atoms with Crippen molar-refractivity contribution in [3.8, 4) is 0 Å². The molecule has 2 unspecified atom stereocenters. The molecule has 0 aliphatic rings. The van der Waals surface area contributed by atoms with E-state index in [1.165, 1.54) is 19.3 Å². The Labute approximate surface area is 162 Å². The first-order chi connectivity index (χ1) is 12.1. The van der Waals surface area contributed by atoms with Crippen molar-refractivity contribution in [1.82, 2.24) is 0 Å². The summed E-state index contributed by atoms with van der Waals surface area (Å²) in [4.78, 5) is 12.2. The molecule has 0 heterocycles. The fourth-order valence-electron chi connectivity index (χ4n) is 2.79. The maximum atomic E-state index is 12.2. The lowest BCUT2D eigenvalue weighted by Gasteiger charge is -2.26. The van der Waals surface area contributed by atoms with E-state index < -0.39 is 9.28 Å². The van der Waals surface area contributed by atoms with Crippen molar-refractivity contribution in [2.45, 2.75) is 110 Å². The zero-order valence-electron chi connectivity index (χ0n) is 17.3. The van der Waals surface area contributed by atoms with E-state index in [9.17, 15) is 4.79 Å². The van der Waals surface area contributed by atoms with Gasteiger partial charge in [0.1, 0.15) is 0 Å². The van der Waals surface area contributed by atoms with Crippen LogP contribution in [0, 0.1) is 0 Å². The highest BCUT2D eigenvalue weighted by molar-refractivity contribution is 8.14. The van der Waals surface area contributed by atoms with Gasteiger partial charge in [-0.2, -0.15) is 0 Å². The fraction of sp³-hybridized carbons (Fsp3) is 0.950. The summed E-state index contributed by atoms with van der Waals surface area (Å²) < 4.78 is 12.2. The quantitative estimate of drug-likeness (QED) is 0.210. The van der Waals surface area contributed by atoms with Crippen molar-refractivity contribution < 1.29 is 13.6 Å². The van der Waals surface area contributed by atoms with Gasteiger partial charge in [-0.15, -0.1) is 0 Å². The third-order valence-corrected chi connectivity index (χ3v) is 7.28. The summed E-state index contributed by atoms with van der Waals surface area (Å²) in [5, 5.41) is 0.710. The molecule has 5 heteroatoms. The Morgan fingerprint density at radius 2 is 1.56 bits per heavy atom. The number of unbranched alkanes of at least 4 members (excludes halogenated alkanes) is 3. The van der Waals surface area contributed by atoms with Crippen molar-refractivity contribution in [2.24, 2.45) is 0 Å². The fourth-order valence-corrected chi connectivity index (χ4v) is 6.44. The molecule has 0 aromatic rings. The SMILES string of the molecule is CCCCCCC(=O)SC(C)CC(CCC)[Si](OCCC)OCCC. The second-order valence-electron chi connectivity index (χ2n) is 6.85. The lowest BCUT2D eigenvalue weighted by Crippen LogP contribution is -2.31. The summed E-state index contributed by atoms with van der Waals surface area (Å²) in [6, 6.07) is 0. The van der Waals surface area contributed by atoms with Gasteiger partial charge >= 0.3 is 9.28 Å². The molecule has 0 aliphatic heterocycles. The average Bonchev–Trinajstić information content (AvgIpc) is 2.58. The highest BCUT2D eigenvalue weighted by atomic mass is 32.2. The predicted molar refractivity (Wildman–Crippen MR) is 112 cm³/mol.